The van der Waals surface area contributed by atoms with Crippen LogP contribution in [0.2, 0.25) is 0 Å². The highest BCUT2D eigenvalue weighted by atomic mass is 79.9. The molecule has 3 rings (SSSR count). The maximum Gasteiger partial charge on any atom is 0.140 e. The molecule has 0 aliphatic heterocycles. The summed E-state index contributed by atoms with van der Waals surface area (Å²) in [6.07, 6.45) is 23.0. The molecule has 1 unspecified atom stereocenters. The molecule has 0 spiro atoms. The summed E-state index contributed by atoms with van der Waals surface area (Å²) in [5.74, 6) is 0.483. The number of fused-ring (bicyclic) bond motifs is 1. The second kappa shape index (κ2) is 16.9. The first-order chi connectivity index (χ1) is 17.6. The molecule has 0 aliphatic rings. The minimum atomic E-state index is -0.268. The van der Waals surface area contributed by atoms with Crippen LogP contribution in [-0.4, -0.2) is 8.75 Å². The van der Waals surface area contributed by atoms with Crippen molar-refractivity contribution >= 4 is 50.0 Å². The van der Waals surface area contributed by atoms with E-state index in [1.807, 2.05) is 0 Å². The molecule has 36 heavy (non-hydrogen) atoms. The molecule has 6 heteroatoms. The fourth-order valence-corrected chi connectivity index (χ4v) is 7.17. The maximum absolute atomic E-state index is 14.5. The Morgan fingerprint density at radius 3 is 1.94 bits per heavy atom. The van der Waals surface area contributed by atoms with Gasteiger partial charge in [-0.25, -0.2) is 4.39 Å². The average Bonchev–Trinajstić information content (AvgIpc) is 3.55. The molecule has 0 amide bonds. The third-order valence-electron chi connectivity index (χ3n) is 7.31. The van der Waals surface area contributed by atoms with E-state index in [-0.39, 0.29) is 5.82 Å². The molecule has 0 aliphatic carbocycles. The molecule has 1 atom stereocenters. The largest absolute Gasteiger partial charge is 0.206 e. The topological polar surface area (TPSA) is 25.8 Å². The van der Waals surface area contributed by atoms with Crippen molar-refractivity contribution in [2.45, 2.75) is 123 Å². The molecule has 0 saturated heterocycles. The van der Waals surface area contributed by atoms with E-state index >= 15 is 0 Å². The van der Waals surface area contributed by atoms with Crippen molar-refractivity contribution in [1.82, 2.24) is 8.75 Å². The van der Waals surface area contributed by atoms with Crippen LogP contribution < -0.4 is 0 Å². The van der Waals surface area contributed by atoms with Crippen molar-refractivity contribution in [2.24, 2.45) is 5.92 Å². The van der Waals surface area contributed by atoms with E-state index in [4.69, 9.17) is 0 Å². The average molecular weight is 596 g/mol. The summed E-state index contributed by atoms with van der Waals surface area (Å²) in [6, 6.07) is 3.88. The van der Waals surface area contributed by atoms with Gasteiger partial charge in [0, 0.05) is 10.4 Å². The van der Waals surface area contributed by atoms with Crippen LogP contribution in [-0.2, 0) is 6.42 Å². The molecular formula is C30H44BrFN2S2. The molecule has 3 aromatic rings. The number of rotatable bonds is 19. The molecule has 2 heterocycles. The van der Waals surface area contributed by atoms with Gasteiger partial charge in [0.15, 0.2) is 0 Å². The van der Waals surface area contributed by atoms with Gasteiger partial charge in [-0.1, -0.05) is 117 Å². The summed E-state index contributed by atoms with van der Waals surface area (Å²) < 4.78 is 23.7. The third-order valence-corrected chi connectivity index (χ3v) is 9.60. The van der Waals surface area contributed by atoms with E-state index in [9.17, 15) is 4.39 Å². The number of benzene rings is 1. The Morgan fingerprint density at radius 1 is 0.778 bits per heavy atom. The van der Waals surface area contributed by atoms with Gasteiger partial charge in [0.2, 0.25) is 0 Å². The summed E-state index contributed by atoms with van der Waals surface area (Å²) in [6.45, 7) is 4.57. The van der Waals surface area contributed by atoms with E-state index in [0.717, 1.165) is 40.0 Å². The van der Waals surface area contributed by atoms with E-state index in [0.29, 0.717) is 9.99 Å². The van der Waals surface area contributed by atoms with Gasteiger partial charge in [-0.15, -0.1) is 11.3 Å². The monoisotopic (exact) mass is 594 g/mol. The van der Waals surface area contributed by atoms with Crippen LogP contribution in [0.15, 0.2) is 22.0 Å². The first kappa shape index (κ1) is 29.7. The van der Waals surface area contributed by atoms with E-state index in [1.165, 1.54) is 108 Å². The van der Waals surface area contributed by atoms with Gasteiger partial charge >= 0.3 is 0 Å². The lowest BCUT2D eigenvalue weighted by molar-refractivity contribution is 0.400. The number of nitrogens with zero attached hydrogens (tertiary/aromatic N) is 2. The Kier molecular flexibility index (Phi) is 13.9. The Morgan fingerprint density at radius 2 is 1.33 bits per heavy atom. The van der Waals surface area contributed by atoms with Gasteiger partial charge in [0.25, 0.3) is 0 Å². The van der Waals surface area contributed by atoms with Crippen LogP contribution in [0.3, 0.4) is 0 Å². The summed E-state index contributed by atoms with van der Waals surface area (Å²) in [5.41, 5.74) is 3.68. The normalized spacial score (nSPS) is 12.6. The molecule has 1 aromatic carbocycles. The zero-order valence-electron chi connectivity index (χ0n) is 22.3. The van der Waals surface area contributed by atoms with E-state index in [2.05, 4.69) is 50.0 Å². The smallest absolute Gasteiger partial charge is 0.140 e. The Hall–Kier alpha value is -0.850. The van der Waals surface area contributed by atoms with E-state index in [1.54, 1.807) is 17.4 Å². The summed E-state index contributed by atoms with van der Waals surface area (Å²) in [4.78, 5) is 1.10. The SMILES string of the molecule is CCCCCCCCCCC(CCCCCCCC)Cc1csc(-c2cc(F)c(Br)c3nsnc23)c1. The molecule has 0 fully saturated rings. The number of hydrogen-bond acceptors (Lipinski definition) is 4. The van der Waals surface area contributed by atoms with Gasteiger partial charge in [0.1, 0.15) is 16.9 Å². The predicted molar refractivity (Wildman–Crippen MR) is 161 cm³/mol. The molecule has 0 N–H and O–H groups in total. The lowest BCUT2D eigenvalue weighted by atomic mass is 9.89. The van der Waals surface area contributed by atoms with Crippen molar-refractivity contribution in [3.63, 3.8) is 0 Å². The molecule has 2 nitrogen and oxygen atoms in total. The van der Waals surface area contributed by atoms with Crippen LogP contribution in [0, 0.1) is 11.7 Å². The zero-order chi connectivity index (χ0) is 25.6. The predicted octanol–water partition coefficient (Wildman–Crippen LogP) is 11.8. The van der Waals surface area contributed by atoms with Crippen molar-refractivity contribution in [3.05, 3.63) is 33.4 Å². The number of halogens is 2. The fourth-order valence-electron chi connectivity index (χ4n) is 5.15. The minimum Gasteiger partial charge on any atom is -0.206 e. The lowest BCUT2D eigenvalue weighted by Gasteiger charge is -2.16. The molecule has 0 saturated carbocycles. The fraction of sp³-hybridized carbons (Fsp3) is 0.667. The molecule has 0 bridgehead atoms. The highest BCUT2D eigenvalue weighted by Crippen LogP contribution is 2.38. The van der Waals surface area contributed by atoms with Gasteiger partial charge in [-0.2, -0.15) is 8.75 Å². The van der Waals surface area contributed by atoms with Gasteiger partial charge < -0.3 is 0 Å². The van der Waals surface area contributed by atoms with Crippen LogP contribution in [0.25, 0.3) is 21.5 Å². The second-order valence-electron chi connectivity index (χ2n) is 10.4. The number of aromatic nitrogens is 2. The van der Waals surface area contributed by atoms with Gasteiger partial charge in [0.05, 0.1) is 16.2 Å². The van der Waals surface area contributed by atoms with E-state index < -0.39 is 0 Å². The minimum absolute atomic E-state index is 0.268. The quantitative estimate of drug-likeness (QED) is 0.129. The highest BCUT2D eigenvalue weighted by molar-refractivity contribution is 9.10. The first-order valence-corrected chi connectivity index (χ1v) is 16.7. The van der Waals surface area contributed by atoms with Crippen LogP contribution >= 0.6 is 39.0 Å². The zero-order valence-corrected chi connectivity index (χ0v) is 25.5. The number of thiophene rings is 1. The third kappa shape index (κ3) is 9.47. The van der Waals surface area contributed by atoms with Crippen molar-refractivity contribution in [2.75, 3.05) is 0 Å². The molecule has 200 valence electrons. The lowest BCUT2D eigenvalue weighted by Crippen LogP contribution is -2.05. The maximum atomic E-state index is 14.5. The highest BCUT2D eigenvalue weighted by Gasteiger charge is 2.18. The summed E-state index contributed by atoms with van der Waals surface area (Å²) >= 11 is 6.19. The molecular weight excluding hydrogens is 551 g/mol. The van der Waals surface area contributed by atoms with Gasteiger partial charge in [-0.3, -0.25) is 0 Å². The molecule has 0 radical (unpaired) electrons. The Labute approximate surface area is 235 Å². The first-order valence-electron chi connectivity index (χ1n) is 14.3. The Balaban J connectivity index is 1.56. The van der Waals surface area contributed by atoms with Crippen LogP contribution in [0.1, 0.15) is 122 Å². The van der Waals surface area contributed by atoms with Crippen LogP contribution in [0.5, 0.6) is 0 Å². The number of hydrogen-bond donors (Lipinski definition) is 0. The summed E-state index contributed by atoms with van der Waals surface area (Å²) in [7, 11) is 0. The Bertz CT molecular complexity index is 1020. The van der Waals surface area contributed by atoms with Crippen LogP contribution in [0.4, 0.5) is 4.39 Å². The van der Waals surface area contributed by atoms with Crippen molar-refractivity contribution in [3.8, 4) is 10.4 Å². The molecule has 2 aromatic heterocycles. The van der Waals surface area contributed by atoms with Crippen molar-refractivity contribution < 1.29 is 4.39 Å². The second-order valence-corrected chi connectivity index (χ2v) is 12.6. The van der Waals surface area contributed by atoms with Crippen molar-refractivity contribution in [1.29, 1.82) is 0 Å². The number of unbranched alkanes of at least 4 members (excludes halogenated alkanes) is 12. The summed E-state index contributed by atoms with van der Waals surface area (Å²) in [5, 5.41) is 2.28. The standard InChI is InChI=1S/C30H44BrFN2S2/c1-3-5-7-9-11-12-14-16-18-23(17-15-13-10-8-6-4-2)19-24-20-27(35-22-24)25-21-26(32)28(31)30-29(25)33-36-34-30/h20-23H,3-19H2,1-2H3. The van der Waals surface area contributed by atoms with Gasteiger partial charge in [-0.05, 0) is 51.3 Å².